The second kappa shape index (κ2) is 8.29. The van der Waals surface area contributed by atoms with Gasteiger partial charge in [0.05, 0.1) is 6.04 Å². The van der Waals surface area contributed by atoms with Gasteiger partial charge in [0.2, 0.25) is 8.32 Å². The number of nitrogens with one attached hydrogen (secondary N) is 1. The fourth-order valence-corrected chi connectivity index (χ4v) is 3.08. The average molecular weight is 378 g/mol. The van der Waals surface area contributed by atoms with Crippen LogP contribution >= 0.6 is 0 Å². The Hall–Kier alpha value is -1.75. The number of amides is 1. The molecule has 0 aliphatic rings. The number of carbonyl (C=O) groups excluding carboxylic acids is 1. The summed E-state index contributed by atoms with van der Waals surface area (Å²) in [6.07, 6.45) is 1.95. The van der Waals surface area contributed by atoms with Gasteiger partial charge in [-0.1, -0.05) is 39.0 Å². The first-order chi connectivity index (χ1) is 11.7. The van der Waals surface area contributed by atoms with E-state index in [-0.39, 0.29) is 11.1 Å². The van der Waals surface area contributed by atoms with Gasteiger partial charge in [0, 0.05) is 0 Å². The highest BCUT2D eigenvalue weighted by Gasteiger charge is 2.38. The van der Waals surface area contributed by atoms with Crippen molar-refractivity contribution in [3.63, 3.8) is 0 Å². The van der Waals surface area contributed by atoms with E-state index in [0.29, 0.717) is 6.42 Å². The molecule has 1 aromatic carbocycles. The summed E-state index contributed by atoms with van der Waals surface area (Å²) in [6.45, 7) is 20.5. The summed E-state index contributed by atoms with van der Waals surface area (Å²) in [5.74, 6) is 0.899. The first-order valence-corrected chi connectivity index (χ1v) is 12.0. The topological polar surface area (TPSA) is 47.6 Å². The lowest BCUT2D eigenvalue weighted by molar-refractivity contribution is 0.0514. The van der Waals surface area contributed by atoms with E-state index < -0.39 is 20.0 Å². The smallest absolute Gasteiger partial charge is 0.408 e. The Morgan fingerprint density at radius 3 is 2.12 bits per heavy atom. The van der Waals surface area contributed by atoms with E-state index in [2.05, 4.69) is 45.8 Å². The number of hydrogen-bond acceptors (Lipinski definition) is 3. The Morgan fingerprint density at radius 1 is 1.15 bits per heavy atom. The van der Waals surface area contributed by atoms with E-state index in [4.69, 9.17) is 9.16 Å². The number of alkyl carbamates (subject to hydrolysis) is 1. The molecule has 1 N–H and O–H groups in total. The molecule has 0 spiro atoms. The van der Waals surface area contributed by atoms with Gasteiger partial charge in [0.1, 0.15) is 11.4 Å². The van der Waals surface area contributed by atoms with Crippen LogP contribution in [0.1, 0.15) is 47.1 Å². The molecule has 0 bridgehead atoms. The van der Waals surface area contributed by atoms with Crippen molar-refractivity contribution < 1.29 is 14.0 Å². The van der Waals surface area contributed by atoms with Crippen LogP contribution in [0.4, 0.5) is 4.79 Å². The van der Waals surface area contributed by atoms with E-state index in [1.165, 1.54) is 0 Å². The van der Waals surface area contributed by atoms with Crippen LogP contribution in [0.2, 0.25) is 18.1 Å². The summed E-state index contributed by atoms with van der Waals surface area (Å²) >= 11 is 0. The maximum Gasteiger partial charge on any atom is 0.408 e. The van der Waals surface area contributed by atoms with Gasteiger partial charge in [-0.2, -0.15) is 0 Å². The van der Waals surface area contributed by atoms with Crippen LogP contribution < -0.4 is 9.74 Å². The fraction of sp³-hybridized carbons (Fsp3) is 0.571. The van der Waals surface area contributed by atoms with E-state index in [1.807, 2.05) is 45.0 Å². The Morgan fingerprint density at radius 2 is 1.69 bits per heavy atom. The predicted molar refractivity (Wildman–Crippen MR) is 111 cm³/mol. The third-order valence-electron chi connectivity index (χ3n) is 4.54. The molecule has 0 saturated heterocycles. The summed E-state index contributed by atoms with van der Waals surface area (Å²) in [7, 11) is -1.84. The maximum atomic E-state index is 11.9. The molecule has 0 aromatic heterocycles. The molecule has 1 unspecified atom stereocenters. The standard InChI is InChI=1S/C21H35NO3Si/c1-10-17(22-19(23)24-20(2,3)4)15-16-11-13-18(14-12-16)25-26(8,9)21(5,6)7/h10-14,17H,1,15H2,2-9H3,(H,22,23). The van der Waals surface area contributed by atoms with Crippen LogP contribution in [0, 0.1) is 0 Å². The number of hydrogen-bond donors (Lipinski definition) is 1. The fourth-order valence-electron chi connectivity index (χ4n) is 2.05. The molecule has 1 aromatic rings. The van der Waals surface area contributed by atoms with E-state index in [9.17, 15) is 4.79 Å². The van der Waals surface area contributed by atoms with Crippen molar-refractivity contribution in [3.05, 3.63) is 42.5 Å². The van der Waals surface area contributed by atoms with Crippen LogP contribution in [0.5, 0.6) is 5.75 Å². The molecule has 4 nitrogen and oxygen atoms in total. The van der Waals surface area contributed by atoms with Gasteiger partial charge in [0.15, 0.2) is 0 Å². The molecule has 26 heavy (non-hydrogen) atoms. The summed E-state index contributed by atoms with van der Waals surface area (Å²) in [4.78, 5) is 11.9. The zero-order chi connectivity index (χ0) is 20.2. The van der Waals surface area contributed by atoms with Gasteiger partial charge < -0.3 is 14.5 Å². The van der Waals surface area contributed by atoms with Crippen molar-refractivity contribution in [1.82, 2.24) is 5.32 Å². The number of ether oxygens (including phenoxy) is 1. The van der Waals surface area contributed by atoms with Crippen LogP contribution in [0.15, 0.2) is 36.9 Å². The van der Waals surface area contributed by atoms with E-state index in [0.717, 1.165) is 11.3 Å². The monoisotopic (exact) mass is 377 g/mol. The van der Waals surface area contributed by atoms with Gasteiger partial charge in [0.25, 0.3) is 0 Å². The van der Waals surface area contributed by atoms with Crippen LogP contribution in [-0.2, 0) is 11.2 Å². The molecule has 1 atom stereocenters. The summed E-state index contributed by atoms with van der Waals surface area (Å²) < 4.78 is 11.6. The molecular formula is C21H35NO3Si. The number of carbonyl (C=O) groups is 1. The highest BCUT2D eigenvalue weighted by molar-refractivity contribution is 6.74. The van der Waals surface area contributed by atoms with Crippen molar-refractivity contribution in [3.8, 4) is 5.75 Å². The number of benzene rings is 1. The van der Waals surface area contributed by atoms with Crippen molar-refractivity contribution in [2.24, 2.45) is 0 Å². The van der Waals surface area contributed by atoms with Crippen molar-refractivity contribution in [2.45, 2.75) is 77.7 Å². The minimum Gasteiger partial charge on any atom is -0.544 e. The SMILES string of the molecule is C=CC(Cc1ccc(O[Si](C)(C)C(C)(C)C)cc1)NC(=O)OC(C)(C)C. The molecule has 1 rings (SSSR count). The first-order valence-electron chi connectivity index (χ1n) is 9.13. The quantitative estimate of drug-likeness (QED) is 0.511. The molecular weight excluding hydrogens is 342 g/mol. The molecule has 0 fully saturated rings. The van der Waals surface area contributed by atoms with Gasteiger partial charge in [-0.3, -0.25) is 0 Å². The summed E-state index contributed by atoms with van der Waals surface area (Å²) in [5, 5.41) is 3.00. The van der Waals surface area contributed by atoms with Crippen LogP contribution in [-0.4, -0.2) is 26.1 Å². The molecule has 0 radical (unpaired) electrons. The predicted octanol–water partition coefficient (Wildman–Crippen LogP) is 5.69. The maximum absolute atomic E-state index is 11.9. The minimum atomic E-state index is -1.84. The van der Waals surface area contributed by atoms with Gasteiger partial charge in [-0.05, 0) is 63.0 Å². The number of rotatable bonds is 6. The van der Waals surface area contributed by atoms with Gasteiger partial charge >= 0.3 is 6.09 Å². The van der Waals surface area contributed by atoms with Crippen LogP contribution in [0.25, 0.3) is 0 Å². The Kier molecular flexibility index (Phi) is 7.11. The Balaban J connectivity index is 2.70. The Bertz CT molecular complexity index is 610. The lowest BCUT2D eigenvalue weighted by Gasteiger charge is -2.36. The van der Waals surface area contributed by atoms with Gasteiger partial charge in [-0.25, -0.2) is 4.79 Å². The summed E-state index contributed by atoms with van der Waals surface area (Å²) in [6, 6.07) is 7.90. The third-order valence-corrected chi connectivity index (χ3v) is 8.90. The second-order valence-corrected chi connectivity index (χ2v) is 13.9. The average Bonchev–Trinajstić information content (AvgIpc) is 2.45. The minimum absolute atomic E-state index is 0.164. The van der Waals surface area contributed by atoms with Crippen LogP contribution in [0.3, 0.4) is 0 Å². The van der Waals surface area contributed by atoms with Crippen molar-refractivity contribution >= 4 is 14.4 Å². The molecule has 0 heterocycles. The first kappa shape index (κ1) is 22.3. The molecule has 1 amide bonds. The van der Waals surface area contributed by atoms with Crippen molar-refractivity contribution in [2.75, 3.05) is 0 Å². The van der Waals surface area contributed by atoms with Gasteiger partial charge in [-0.15, -0.1) is 6.58 Å². The highest BCUT2D eigenvalue weighted by Crippen LogP contribution is 2.37. The largest absolute Gasteiger partial charge is 0.544 e. The lowest BCUT2D eigenvalue weighted by Crippen LogP contribution is -2.43. The third kappa shape index (κ3) is 7.24. The Labute approximate surface area is 160 Å². The molecule has 0 saturated carbocycles. The zero-order valence-corrected chi connectivity index (χ0v) is 18.6. The molecule has 0 aliphatic heterocycles. The molecule has 0 aliphatic carbocycles. The summed E-state index contributed by atoms with van der Waals surface area (Å²) in [5.41, 5.74) is 0.590. The van der Waals surface area contributed by atoms with Crippen molar-refractivity contribution in [1.29, 1.82) is 0 Å². The lowest BCUT2D eigenvalue weighted by atomic mass is 10.1. The molecule has 146 valence electrons. The second-order valence-electron chi connectivity index (χ2n) is 9.20. The normalized spacial score (nSPS) is 13.7. The highest BCUT2D eigenvalue weighted by atomic mass is 28.4. The van der Waals surface area contributed by atoms with E-state index >= 15 is 0 Å². The zero-order valence-electron chi connectivity index (χ0n) is 17.6. The molecule has 5 heteroatoms. The van der Waals surface area contributed by atoms with E-state index in [1.54, 1.807) is 6.08 Å².